The number of carbonyl (C=O) groups is 2. The molecule has 1 N–H and O–H groups in total. The van der Waals surface area contributed by atoms with E-state index in [-0.39, 0.29) is 11.1 Å². The van der Waals surface area contributed by atoms with Gasteiger partial charge in [0.25, 0.3) is 5.91 Å². The molecular formula is C21H20N2O5. The van der Waals surface area contributed by atoms with Crippen LogP contribution in [0.25, 0.3) is 11.0 Å². The van der Waals surface area contributed by atoms with Gasteiger partial charge in [-0.3, -0.25) is 14.9 Å². The molecule has 2 amide bonds. The summed E-state index contributed by atoms with van der Waals surface area (Å²) in [6.07, 6.45) is 0. The van der Waals surface area contributed by atoms with Crippen LogP contribution < -0.4 is 20.3 Å². The molecule has 0 unspecified atom stereocenters. The molecule has 0 saturated heterocycles. The zero-order chi connectivity index (χ0) is 20.1. The first kappa shape index (κ1) is 19.2. The Labute approximate surface area is 161 Å². The second kappa shape index (κ2) is 8.39. The van der Waals surface area contributed by atoms with Gasteiger partial charge >= 0.3 is 0 Å². The van der Waals surface area contributed by atoms with Crippen molar-refractivity contribution in [3.05, 3.63) is 59.6 Å². The monoisotopic (exact) mass is 380 g/mol. The van der Waals surface area contributed by atoms with E-state index in [1.807, 2.05) is 13.0 Å². The molecule has 7 nitrogen and oxygen atoms in total. The van der Waals surface area contributed by atoms with Gasteiger partial charge in [0.1, 0.15) is 17.0 Å². The molecule has 1 heterocycles. The maximum absolute atomic E-state index is 12.6. The highest BCUT2D eigenvalue weighted by Crippen LogP contribution is 2.28. The van der Waals surface area contributed by atoms with E-state index >= 15 is 0 Å². The summed E-state index contributed by atoms with van der Waals surface area (Å²) in [6, 6.07) is 14.1. The summed E-state index contributed by atoms with van der Waals surface area (Å²) in [5.41, 5.74) is 1.11. The van der Waals surface area contributed by atoms with E-state index in [0.29, 0.717) is 34.8 Å². The van der Waals surface area contributed by atoms with Crippen molar-refractivity contribution < 1.29 is 23.5 Å². The average Bonchev–Trinajstić information content (AvgIpc) is 2.68. The highest BCUT2D eigenvalue weighted by molar-refractivity contribution is 6.05. The smallest absolute Gasteiger partial charge is 0.263 e. The molecule has 0 aliphatic carbocycles. The van der Waals surface area contributed by atoms with E-state index in [9.17, 15) is 9.59 Å². The highest BCUT2D eigenvalue weighted by atomic mass is 16.5. The normalized spacial score (nSPS) is 11.3. The van der Waals surface area contributed by atoms with Crippen molar-refractivity contribution in [2.75, 3.05) is 13.7 Å². The lowest BCUT2D eigenvalue weighted by Crippen LogP contribution is -2.32. The molecule has 3 aromatic rings. The molecule has 1 aromatic heterocycles. The van der Waals surface area contributed by atoms with Crippen molar-refractivity contribution in [2.45, 2.75) is 13.8 Å². The minimum absolute atomic E-state index is 0.0444. The first-order valence-electron chi connectivity index (χ1n) is 8.72. The Bertz CT molecular complexity index is 1100. The van der Waals surface area contributed by atoms with Crippen LogP contribution in [0, 0.1) is 0 Å². The SMILES string of the molecule is CCOc1cccc2cc(C(=O)NC(C)=O)c(=Nc3ccccc3OC)oc12. The number of nitrogens with zero attached hydrogens (tertiary/aromatic N) is 1. The highest BCUT2D eigenvalue weighted by Gasteiger charge is 2.16. The van der Waals surface area contributed by atoms with Gasteiger partial charge in [-0.1, -0.05) is 24.3 Å². The third-order valence-electron chi connectivity index (χ3n) is 3.88. The van der Waals surface area contributed by atoms with Crippen molar-refractivity contribution in [1.29, 1.82) is 0 Å². The van der Waals surface area contributed by atoms with Crippen molar-refractivity contribution in [2.24, 2.45) is 4.99 Å². The Morgan fingerprint density at radius 1 is 1.11 bits per heavy atom. The molecule has 0 radical (unpaired) electrons. The maximum Gasteiger partial charge on any atom is 0.263 e. The van der Waals surface area contributed by atoms with Crippen LogP contribution in [0.2, 0.25) is 0 Å². The van der Waals surface area contributed by atoms with Gasteiger partial charge in [0.2, 0.25) is 11.5 Å². The number of ether oxygens (including phenoxy) is 2. The second-order valence-electron chi connectivity index (χ2n) is 5.87. The molecule has 28 heavy (non-hydrogen) atoms. The lowest BCUT2D eigenvalue weighted by molar-refractivity contribution is -0.118. The average molecular weight is 380 g/mol. The van der Waals surface area contributed by atoms with Gasteiger partial charge in [-0.2, -0.15) is 0 Å². The van der Waals surface area contributed by atoms with Crippen LogP contribution in [-0.2, 0) is 4.79 Å². The first-order chi connectivity index (χ1) is 13.5. The van der Waals surface area contributed by atoms with Crippen molar-refractivity contribution >= 4 is 28.5 Å². The summed E-state index contributed by atoms with van der Waals surface area (Å²) in [7, 11) is 1.53. The number of fused-ring (bicyclic) bond motifs is 1. The van der Waals surface area contributed by atoms with Crippen LogP contribution in [0.1, 0.15) is 24.2 Å². The number of rotatable bonds is 5. The Hall–Kier alpha value is -3.61. The van der Waals surface area contributed by atoms with E-state index in [1.165, 1.54) is 14.0 Å². The summed E-state index contributed by atoms with van der Waals surface area (Å²) in [5, 5.41) is 2.91. The molecule has 0 fully saturated rings. The van der Waals surface area contributed by atoms with Gasteiger partial charge in [0.15, 0.2) is 11.3 Å². The summed E-state index contributed by atoms with van der Waals surface area (Å²) in [5.74, 6) is -0.0196. The van der Waals surface area contributed by atoms with Gasteiger partial charge in [0, 0.05) is 12.3 Å². The van der Waals surface area contributed by atoms with E-state index in [4.69, 9.17) is 13.9 Å². The van der Waals surface area contributed by atoms with Crippen LogP contribution in [0.5, 0.6) is 11.5 Å². The minimum Gasteiger partial charge on any atom is -0.494 e. The number of benzene rings is 2. The number of imide groups is 1. The molecule has 0 aliphatic rings. The number of para-hydroxylation sites is 3. The maximum atomic E-state index is 12.6. The van der Waals surface area contributed by atoms with Crippen LogP contribution in [0.4, 0.5) is 5.69 Å². The Morgan fingerprint density at radius 3 is 2.57 bits per heavy atom. The van der Waals surface area contributed by atoms with Gasteiger partial charge < -0.3 is 13.9 Å². The predicted molar refractivity (Wildman–Crippen MR) is 104 cm³/mol. The van der Waals surface area contributed by atoms with Gasteiger partial charge in [-0.05, 0) is 31.2 Å². The fraction of sp³-hybridized carbons (Fsp3) is 0.190. The third-order valence-corrected chi connectivity index (χ3v) is 3.88. The van der Waals surface area contributed by atoms with Crippen molar-refractivity contribution in [3.63, 3.8) is 0 Å². The molecule has 144 valence electrons. The van der Waals surface area contributed by atoms with E-state index < -0.39 is 11.8 Å². The van der Waals surface area contributed by atoms with Crippen molar-refractivity contribution in [1.82, 2.24) is 5.32 Å². The molecule has 0 aliphatic heterocycles. The molecule has 0 saturated carbocycles. The molecule has 0 spiro atoms. The van der Waals surface area contributed by atoms with Crippen LogP contribution in [-0.4, -0.2) is 25.5 Å². The zero-order valence-electron chi connectivity index (χ0n) is 15.8. The minimum atomic E-state index is -0.603. The second-order valence-corrected chi connectivity index (χ2v) is 5.87. The Balaban J connectivity index is 2.30. The van der Waals surface area contributed by atoms with Crippen LogP contribution in [0.15, 0.2) is 57.9 Å². The lowest BCUT2D eigenvalue weighted by atomic mass is 10.1. The third kappa shape index (κ3) is 4.03. The fourth-order valence-electron chi connectivity index (χ4n) is 2.70. The summed E-state index contributed by atoms with van der Waals surface area (Å²) < 4.78 is 16.9. The van der Waals surface area contributed by atoms with E-state index in [2.05, 4.69) is 10.3 Å². The lowest BCUT2D eigenvalue weighted by Gasteiger charge is -2.09. The number of amides is 2. The van der Waals surface area contributed by atoms with Gasteiger partial charge in [0.05, 0.1) is 13.7 Å². The summed E-state index contributed by atoms with van der Waals surface area (Å²) in [6.45, 7) is 3.59. The fourth-order valence-corrected chi connectivity index (χ4v) is 2.70. The largest absolute Gasteiger partial charge is 0.494 e. The van der Waals surface area contributed by atoms with Crippen LogP contribution in [0.3, 0.4) is 0 Å². The van der Waals surface area contributed by atoms with E-state index in [0.717, 1.165) is 0 Å². The molecule has 7 heteroatoms. The van der Waals surface area contributed by atoms with Crippen LogP contribution >= 0.6 is 0 Å². The summed E-state index contributed by atoms with van der Waals surface area (Å²) >= 11 is 0. The number of hydrogen-bond donors (Lipinski definition) is 1. The topological polar surface area (TPSA) is 90.1 Å². The molecule has 3 rings (SSSR count). The summed E-state index contributed by atoms with van der Waals surface area (Å²) in [4.78, 5) is 28.4. The molecular weight excluding hydrogens is 360 g/mol. The number of methoxy groups -OCH3 is 1. The Morgan fingerprint density at radius 2 is 1.86 bits per heavy atom. The standard InChI is InChI=1S/C21H20N2O5/c1-4-27-18-11-7-8-14-12-15(20(25)22-13(2)24)21(28-19(14)18)23-16-9-5-6-10-17(16)26-3/h5-12H,4H2,1-3H3,(H,22,24,25). The molecule has 0 bridgehead atoms. The molecule has 2 aromatic carbocycles. The first-order valence-corrected chi connectivity index (χ1v) is 8.72. The zero-order valence-corrected chi connectivity index (χ0v) is 15.8. The predicted octanol–water partition coefficient (Wildman–Crippen LogP) is 3.35. The number of carbonyl (C=O) groups excluding carboxylic acids is 2. The Kier molecular flexibility index (Phi) is 5.74. The van der Waals surface area contributed by atoms with Gasteiger partial charge in [-0.15, -0.1) is 0 Å². The van der Waals surface area contributed by atoms with Gasteiger partial charge in [-0.25, -0.2) is 4.99 Å². The van der Waals surface area contributed by atoms with E-state index in [1.54, 1.807) is 42.5 Å². The molecule has 0 atom stereocenters. The van der Waals surface area contributed by atoms with Crippen molar-refractivity contribution in [3.8, 4) is 11.5 Å². The number of hydrogen-bond acceptors (Lipinski definition) is 6. The quantitative estimate of drug-likeness (QED) is 0.733. The number of nitrogens with one attached hydrogen (secondary N) is 1.